The molecular formula is C19H21N3O3. The van der Waals surface area contributed by atoms with Crippen LogP contribution in [0.4, 0.5) is 5.69 Å². The molecule has 0 saturated carbocycles. The number of nitrogens with one attached hydrogen (secondary N) is 2. The van der Waals surface area contributed by atoms with Crippen LogP contribution in [0.3, 0.4) is 0 Å². The van der Waals surface area contributed by atoms with Gasteiger partial charge in [-0.05, 0) is 25.0 Å². The molecule has 1 aliphatic heterocycles. The maximum absolute atomic E-state index is 12.5. The Kier molecular flexibility index (Phi) is 4.70. The number of hydrogen-bond donors (Lipinski definition) is 2. The number of amides is 2. The summed E-state index contributed by atoms with van der Waals surface area (Å²) in [6.45, 7) is 4.69. The zero-order valence-corrected chi connectivity index (χ0v) is 14.3. The molecule has 0 bridgehead atoms. The van der Waals surface area contributed by atoms with Crippen LogP contribution in [0.1, 0.15) is 23.1 Å². The number of nitrogens with zero attached hydrogens (tertiary/aromatic N) is 1. The largest absolute Gasteiger partial charge is 0.338 e. The van der Waals surface area contributed by atoms with Crippen molar-refractivity contribution < 1.29 is 9.59 Å². The van der Waals surface area contributed by atoms with Crippen molar-refractivity contribution >= 4 is 17.5 Å². The van der Waals surface area contributed by atoms with E-state index in [0.29, 0.717) is 24.3 Å². The Balaban J connectivity index is 1.64. The molecule has 6 heteroatoms. The Bertz CT molecular complexity index is 855. The molecule has 2 heterocycles. The number of hydrogen-bond acceptors (Lipinski definition) is 3. The van der Waals surface area contributed by atoms with Gasteiger partial charge in [-0.3, -0.25) is 14.4 Å². The molecule has 3 rings (SSSR count). The van der Waals surface area contributed by atoms with Gasteiger partial charge < -0.3 is 15.2 Å². The van der Waals surface area contributed by atoms with E-state index in [1.807, 2.05) is 31.2 Å². The van der Waals surface area contributed by atoms with Gasteiger partial charge in [0.2, 0.25) is 17.4 Å². The average molecular weight is 339 g/mol. The number of carbonyl (C=O) groups is 2. The molecule has 1 fully saturated rings. The summed E-state index contributed by atoms with van der Waals surface area (Å²) >= 11 is 0. The van der Waals surface area contributed by atoms with Gasteiger partial charge >= 0.3 is 0 Å². The van der Waals surface area contributed by atoms with E-state index in [1.54, 1.807) is 11.8 Å². The maximum atomic E-state index is 12.5. The lowest BCUT2D eigenvalue weighted by molar-refractivity contribution is -0.128. The van der Waals surface area contributed by atoms with Crippen LogP contribution in [-0.4, -0.2) is 28.2 Å². The number of rotatable bonds is 4. The molecule has 1 unspecified atom stereocenters. The highest BCUT2D eigenvalue weighted by molar-refractivity contribution is 5.97. The van der Waals surface area contributed by atoms with Crippen LogP contribution in [0.2, 0.25) is 0 Å². The van der Waals surface area contributed by atoms with Gasteiger partial charge in [-0.1, -0.05) is 29.8 Å². The van der Waals surface area contributed by atoms with Crippen molar-refractivity contribution in [1.82, 2.24) is 9.88 Å². The molecular weight excluding hydrogens is 318 g/mol. The van der Waals surface area contributed by atoms with Crippen molar-refractivity contribution in [2.75, 3.05) is 11.9 Å². The first-order valence-electron chi connectivity index (χ1n) is 8.26. The van der Waals surface area contributed by atoms with E-state index < -0.39 is 0 Å². The SMILES string of the molecule is Cc1ccc(CN2CC(C(=O)Nc3c[nH]c(=O)cc3C)CC2=O)cc1. The van der Waals surface area contributed by atoms with Gasteiger partial charge in [0.15, 0.2) is 0 Å². The number of aryl methyl sites for hydroxylation is 2. The fraction of sp³-hybridized carbons (Fsp3) is 0.316. The minimum absolute atomic E-state index is 0.0149. The Morgan fingerprint density at radius 1 is 1.24 bits per heavy atom. The fourth-order valence-corrected chi connectivity index (χ4v) is 2.96. The van der Waals surface area contributed by atoms with Crippen LogP contribution >= 0.6 is 0 Å². The molecule has 1 aliphatic rings. The molecule has 130 valence electrons. The molecule has 0 radical (unpaired) electrons. The first kappa shape index (κ1) is 17.0. The molecule has 1 saturated heterocycles. The van der Waals surface area contributed by atoms with E-state index in [2.05, 4.69) is 10.3 Å². The van der Waals surface area contributed by atoms with E-state index in [4.69, 9.17) is 0 Å². The molecule has 1 aromatic carbocycles. The summed E-state index contributed by atoms with van der Waals surface area (Å²) in [6, 6.07) is 9.45. The first-order chi connectivity index (χ1) is 11.9. The minimum atomic E-state index is -0.385. The molecule has 2 amide bonds. The van der Waals surface area contributed by atoms with Crippen molar-refractivity contribution in [3.63, 3.8) is 0 Å². The van der Waals surface area contributed by atoms with Crippen molar-refractivity contribution in [2.24, 2.45) is 5.92 Å². The number of anilines is 1. The summed E-state index contributed by atoms with van der Waals surface area (Å²) in [4.78, 5) is 40.2. The van der Waals surface area contributed by atoms with E-state index in [0.717, 1.165) is 5.56 Å². The highest BCUT2D eigenvalue weighted by Crippen LogP contribution is 2.22. The topological polar surface area (TPSA) is 82.3 Å². The van der Waals surface area contributed by atoms with Gasteiger partial charge in [-0.2, -0.15) is 0 Å². The smallest absolute Gasteiger partial charge is 0.248 e. The molecule has 25 heavy (non-hydrogen) atoms. The summed E-state index contributed by atoms with van der Waals surface area (Å²) in [5.74, 6) is -0.599. The van der Waals surface area contributed by atoms with E-state index in [-0.39, 0.29) is 29.7 Å². The van der Waals surface area contributed by atoms with Crippen molar-refractivity contribution in [3.8, 4) is 0 Å². The van der Waals surface area contributed by atoms with E-state index >= 15 is 0 Å². The zero-order valence-electron chi connectivity index (χ0n) is 14.3. The van der Waals surface area contributed by atoms with Gasteiger partial charge in [0, 0.05) is 31.8 Å². The standard InChI is InChI=1S/C19H21N3O3/c1-12-3-5-14(6-4-12)10-22-11-15(8-18(22)24)19(25)21-16-9-20-17(23)7-13(16)2/h3-7,9,15H,8,10-11H2,1-2H3,(H,20,23)(H,21,25). The fourth-order valence-electron chi connectivity index (χ4n) is 2.96. The normalized spacial score (nSPS) is 17.0. The lowest BCUT2D eigenvalue weighted by atomic mass is 10.1. The van der Waals surface area contributed by atoms with Crippen LogP contribution < -0.4 is 10.9 Å². The van der Waals surface area contributed by atoms with Gasteiger partial charge in [0.1, 0.15) is 0 Å². The van der Waals surface area contributed by atoms with Gasteiger partial charge in [-0.25, -0.2) is 0 Å². The third kappa shape index (κ3) is 3.96. The van der Waals surface area contributed by atoms with E-state index in [9.17, 15) is 14.4 Å². The minimum Gasteiger partial charge on any atom is -0.338 e. The monoisotopic (exact) mass is 339 g/mol. The molecule has 1 aromatic heterocycles. The third-order valence-corrected chi connectivity index (χ3v) is 4.47. The van der Waals surface area contributed by atoms with E-state index in [1.165, 1.54) is 17.8 Å². The Labute approximate surface area is 145 Å². The molecule has 1 atom stereocenters. The number of likely N-dealkylation sites (tertiary alicyclic amines) is 1. The predicted molar refractivity (Wildman–Crippen MR) is 95.1 cm³/mol. The van der Waals surface area contributed by atoms with Gasteiger partial charge in [-0.15, -0.1) is 0 Å². The molecule has 2 aromatic rings. The van der Waals surface area contributed by atoms with Crippen LogP contribution in [0.25, 0.3) is 0 Å². The average Bonchev–Trinajstić information content (AvgIpc) is 2.93. The number of carbonyl (C=O) groups excluding carboxylic acids is 2. The summed E-state index contributed by atoms with van der Waals surface area (Å²) in [6.07, 6.45) is 1.69. The summed E-state index contributed by atoms with van der Waals surface area (Å²) in [5.41, 5.74) is 3.27. The van der Waals surface area contributed by atoms with Crippen LogP contribution in [-0.2, 0) is 16.1 Å². The number of pyridine rings is 1. The van der Waals surface area contributed by atoms with Gasteiger partial charge in [0.25, 0.3) is 0 Å². The summed E-state index contributed by atoms with van der Waals surface area (Å²) < 4.78 is 0. The lowest BCUT2D eigenvalue weighted by Crippen LogP contribution is -2.28. The number of benzene rings is 1. The van der Waals surface area contributed by atoms with Gasteiger partial charge in [0.05, 0.1) is 11.6 Å². The highest BCUT2D eigenvalue weighted by atomic mass is 16.2. The Morgan fingerprint density at radius 2 is 1.96 bits per heavy atom. The Morgan fingerprint density at radius 3 is 2.64 bits per heavy atom. The van der Waals surface area contributed by atoms with Crippen LogP contribution in [0.5, 0.6) is 0 Å². The van der Waals surface area contributed by atoms with Crippen molar-refractivity contribution in [3.05, 3.63) is 63.6 Å². The molecule has 0 aliphatic carbocycles. The molecule has 0 spiro atoms. The number of aromatic amines is 1. The summed E-state index contributed by atoms with van der Waals surface area (Å²) in [5, 5.41) is 2.80. The van der Waals surface area contributed by atoms with Crippen molar-refractivity contribution in [2.45, 2.75) is 26.8 Å². The maximum Gasteiger partial charge on any atom is 0.248 e. The second kappa shape index (κ2) is 6.93. The third-order valence-electron chi connectivity index (χ3n) is 4.47. The summed E-state index contributed by atoms with van der Waals surface area (Å²) in [7, 11) is 0. The molecule has 6 nitrogen and oxygen atoms in total. The Hall–Kier alpha value is -2.89. The highest BCUT2D eigenvalue weighted by Gasteiger charge is 2.34. The first-order valence-corrected chi connectivity index (χ1v) is 8.26. The number of H-pyrrole nitrogens is 1. The second-order valence-corrected chi connectivity index (χ2v) is 6.54. The predicted octanol–water partition coefficient (Wildman–Crippen LogP) is 1.98. The number of aromatic nitrogens is 1. The molecule has 2 N–H and O–H groups in total. The van der Waals surface area contributed by atoms with Crippen molar-refractivity contribution in [1.29, 1.82) is 0 Å². The second-order valence-electron chi connectivity index (χ2n) is 6.54. The zero-order chi connectivity index (χ0) is 18.0. The van der Waals surface area contributed by atoms with Crippen LogP contribution in [0.15, 0.2) is 41.3 Å². The van der Waals surface area contributed by atoms with Crippen LogP contribution in [0, 0.1) is 19.8 Å². The quantitative estimate of drug-likeness (QED) is 0.893. The lowest BCUT2D eigenvalue weighted by Gasteiger charge is -2.17.